The normalized spacial score (nSPS) is 33.7. The maximum Gasteiger partial charge on any atom is 0.330 e. The number of aliphatic carboxylic acids is 1. The Morgan fingerprint density at radius 2 is 1.24 bits per heavy atom. The molecule has 3 saturated heterocycles. The molecule has 21 atom stereocenters. The molecular weight excluding hydrogens is 1350 g/mol. The number of fused-ring (bicyclic) bond motifs is 15. The van der Waals surface area contributed by atoms with E-state index in [0.29, 0.717) is 0 Å². The van der Waals surface area contributed by atoms with Gasteiger partial charge in [0.05, 0.1) is 42.5 Å². The number of phenols is 3. The molecule has 5 aromatic carbocycles. The molecule has 0 radical (unpaired) electrons. The molecular formula is C66H76ClN9O25. The van der Waals surface area contributed by atoms with Crippen molar-refractivity contribution in [1.29, 1.82) is 0 Å². The van der Waals surface area contributed by atoms with Crippen molar-refractivity contribution in [3.8, 4) is 57.1 Å². The largest absolute Gasteiger partial charge is 0.508 e. The summed E-state index contributed by atoms with van der Waals surface area (Å²) in [4.78, 5) is 103. The van der Waals surface area contributed by atoms with Gasteiger partial charge in [0.1, 0.15) is 89.5 Å². The molecule has 6 amide bonds. The summed E-state index contributed by atoms with van der Waals surface area (Å²) >= 11 is 6.95. The first kappa shape index (κ1) is 73.1. The molecule has 11 bridgehead atoms. The summed E-state index contributed by atoms with van der Waals surface area (Å²) in [5, 5.41) is 125. The number of carbonyl (C=O) groups excluding carboxylic acids is 6. The first-order chi connectivity index (χ1) is 47.6. The molecule has 3 fully saturated rings. The van der Waals surface area contributed by atoms with Crippen molar-refractivity contribution in [1.82, 2.24) is 26.6 Å². The van der Waals surface area contributed by atoms with Crippen LogP contribution >= 0.6 is 11.6 Å². The van der Waals surface area contributed by atoms with Crippen LogP contribution in [0.25, 0.3) is 11.1 Å². The van der Waals surface area contributed by atoms with Gasteiger partial charge in [0.2, 0.25) is 47.5 Å². The molecule has 35 heteroatoms. The highest BCUT2D eigenvalue weighted by molar-refractivity contribution is 6.32. The number of carboxylic acids is 1. The molecule has 13 rings (SSSR count). The number of aliphatic hydroxyl groups is 6. The van der Waals surface area contributed by atoms with Crippen molar-refractivity contribution < 1.29 is 123 Å². The number of halogens is 1. The number of hydrogen-bond acceptors (Lipinski definition) is 27. The summed E-state index contributed by atoms with van der Waals surface area (Å²) in [5.41, 5.74) is 19.9. The molecule has 0 saturated carbocycles. The van der Waals surface area contributed by atoms with Gasteiger partial charge in [-0.25, -0.2) is 4.79 Å². The van der Waals surface area contributed by atoms with Gasteiger partial charge in [-0.2, -0.15) is 0 Å². The molecule has 1 unspecified atom stereocenters. The molecule has 0 spiro atoms. The van der Waals surface area contributed by atoms with E-state index in [1.165, 1.54) is 64.1 Å². The van der Waals surface area contributed by atoms with E-state index >= 15 is 19.2 Å². The number of rotatable bonds is 10. The Kier molecular flexibility index (Phi) is 20.8. The number of carbonyl (C=O) groups is 7. The van der Waals surface area contributed by atoms with Crippen molar-refractivity contribution in [2.24, 2.45) is 22.9 Å². The second-order valence-electron chi connectivity index (χ2n) is 26.2. The lowest BCUT2D eigenvalue weighted by Crippen LogP contribution is -2.64. The van der Waals surface area contributed by atoms with Crippen LogP contribution in [0.5, 0.6) is 46.0 Å². The van der Waals surface area contributed by atoms with Crippen LogP contribution in [0.3, 0.4) is 0 Å². The lowest BCUT2D eigenvalue weighted by Gasteiger charge is -2.47. The topological polar surface area (TPSA) is 560 Å². The predicted molar refractivity (Wildman–Crippen MR) is 344 cm³/mol. The molecule has 542 valence electrons. The summed E-state index contributed by atoms with van der Waals surface area (Å²) in [6, 6.07) is 2.97. The molecule has 0 aliphatic carbocycles. The maximum atomic E-state index is 16.1. The minimum absolute atomic E-state index is 0.0290. The van der Waals surface area contributed by atoms with E-state index in [1.54, 1.807) is 0 Å². The number of nitrogens with two attached hydrogens (primary N) is 4. The lowest BCUT2D eigenvalue weighted by molar-refractivity contribution is -0.333. The Morgan fingerprint density at radius 3 is 1.85 bits per heavy atom. The van der Waals surface area contributed by atoms with Crippen LogP contribution in [0.1, 0.15) is 105 Å². The fourth-order valence-corrected chi connectivity index (χ4v) is 13.2. The minimum Gasteiger partial charge on any atom is -0.508 e. The van der Waals surface area contributed by atoms with E-state index in [2.05, 4.69) is 26.6 Å². The highest BCUT2D eigenvalue weighted by Crippen LogP contribution is 2.49. The van der Waals surface area contributed by atoms with E-state index < -0.39 is 238 Å². The van der Waals surface area contributed by atoms with Gasteiger partial charge in [0.15, 0.2) is 36.2 Å². The summed E-state index contributed by atoms with van der Waals surface area (Å²) in [5.74, 6) is -14.2. The average Bonchev–Trinajstić information content (AvgIpc) is 0.768. The highest BCUT2D eigenvalue weighted by Gasteiger charge is 2.52. The molecule has 34 nitrogen and oxygen atoms in total. The third kappa shape index (κ3) is 15.0. The summed E-state index contributed by atoms with van der Waals surface area (Å²) < 4.78 is 51.3. The fraction of sp³-hybridized carbons (Fsp3) is 0.439. The Balaban J connectivity index is 1.18. The Labute approximate surface area is 578 Å². The predicted octanol–water partition coefficient (Wildman–Crippen LogP) is -1.10. The van der Waals surface area contributed by atoms with Crippen LogP contribution in [0.15, 0.2) is 84.9 Å². The number of benzene rings is 5. The van der Waals surface area contributed by atoms with Crippen LogP contribution in [-0.4, -0.2) is 196 Å². The second-order valence-corrected chi connectivity index (χ2v) is 26.6. The lowest BCUT2D eigenvalue weighted by atomic mass is 9.86. The quantitative estimate of drug-likeness (QED) is 0.0789. The number of carboxylic acid groups (broad SMARTS) is 1. The van der Waals surface area contributed by atoms with Gasteiger partial charge in [0, 0.05) is 46.7 Å². The molecule has 0 aromatic heterocycles. The first-order valence-electron chi connectivity index (χ1n) is 31.8. The number of aromatic hydroxyl groups is 3. The summed E-state index contributed by atoms with van der Waals surface area (Å²) in [6.45, 7) is 5.05. The monoisotopic (exact) mass is 1430 g/mol. The van der Waals surface area contributed by atoms with E-state index in [0.717, 1.165) is 48.5 Å². The molecule has 8 heterocycles. The number of nitrogens with one attached hydrogen (secondary N) is 5. The van der Waals surface area contributed by atoms with Gasteiger partial charge >= 0.3 is 5.97 Å². The zero-order chi connectivity index (χ0) is 73.2. The Bertz CT molecular complexity index is 4060. The van der Waals surface area contributed by atoms with Crippen LogP contribution < -0.4 is 63.7 Å². The number of amides is 6. The Hall–Kier alpha value is -9.08. The van der Waals surface area contributed by atoms with E-state index in [-0.39, 0.29) is 46.1 Å². The van der Waals surface area contributed by atoms with Crippen LogP contribution in [-0.2, 0) is 57.2 Å². The van der Waals surface area contributed by atoms with E-state index in [1.807, 2.05) is 0 Å². The van der Waals surface area contributed by atoms with Gasteiger partial charge in [-0.1, -0.05) is 35.9 Å². The average molecular weight is 1430 g/mol. The van der Waals surface area contributed by atoms with E-state index in [4.69, 9.17) is 72.4 Å². The number of aliphatic hydroxyl groups excluding tert-OH is 6. The highest BCUT2D eigenvalue weighted by atomic mass is 35.5. The van der Waals surface area contributed by atoms with Crippen molar-refractivity contribution in [2.75, 3.05) is 6.61 Å². The molecule has 8 aliphatic rings. The maximum absolute atomic E-state index is 16.1. The van der Waals surface area contributed by atoms with Gasteiger partial charge in [-0.15, -0.1) is 0 Å². The van der Waals surface area contributed by atoms with Crippen molar-refractivity contribution in [3.63, 3.8) is 0 Å². The zero-order valence-corrected chi connectivity index (χ0v) is 54.9. The fourth-order valence-electron chi connectivity index (χ4n) is 13.0. The van der Waals surface area contributed by atoms with Gasteiger partial charge < -0.3 is 138 Å². The number of hydrogen-bond donors (Lipinski definition) is 19. The molecule has 23 N–H and O–H groups in total. The second kappa shape index (κ2) is 28.7. The van der Waals surface area contributed by atoms with Crippen molar-refractivity contribution in [3.05, 3.63) is 118 Å². The standard InChI is InChI=1S/C66H76ClN9O25/c1-23-56(85)65(3,70)20-42(94-23)99-53-25-5-9-30(10-6-25)96-38-15-28-16-39(54(38)101-64-55(52(84)51(83)40(22-77)98-64)100-43-21-66(4,71)57(86)24(2)95-43)97-37-12-8-27(14-33(37)67)50(82)45(69)59(88)72-34(19-41(68)81)58(87)73-47(28)61(90)74-46-26-7-11-35(79)31(13-26)44-32(17-29(78)18-36(44)80)48(63(92)93)75-62(91)49(53)76-60(46)89/h5-18,23-24,34,40,42-43,45-53,55-57,64,77-80,82-86H,19-22,69-71H2,1-4H3,(H2,68,81)(H,72,88)(H,73,87)(H,74,90)(H,75,91)(H,76,89)(H,92,93)/t23-,24-,34-,40+,42-,43-,45+,46+,47+,48?,49-,50+,51+,52-,53+,55+,56-,57-,64-,65-,66-/m0/s1. The van der Waals surface area contributed by atoms with Gasteiger partial charge in [0.25, 0.3) is 0 Å². The smallest absolute Gasteiger partial charge is 0.330 e. The summed E-state index contributed by atoms with van der Waals surface area (Å²) in [6.07, 6.45) is -22.0. The van der Waals surface area contributed by atoms with E-state index in [9.17, 15) is 65.4 Å². The molecule has 5 aromatic rings. The number of ether oxygens (including phenoxy) is 8. The zero-order valence-electron chi connectivity index (χ0n) is 54.2. The van der Waals surface area contributed by atoms with Crippen molar-refractivity contribution >= 4 is 53.0 Å². The summed E-state index contributed by atoms with van der Waals surface area (Å²) in [7, 11) is 0. The van der Waals surface area contributed by atoms with Gasteiger partial charge in [-0.3, -0.25) is 28.8 Å². The van der Waals surface area contributed by atoms with Gasteiger partial charge in [-0.05, 0) is 105 Å². The SMILES string of the molecule is C[C@@H]1O[C@@H](O[C@H]2[C@H](Oc3c4cc5cc3Oc3ccc(cc3Cl)[C@@H](O)[C@@H](N)C(=O)N[C@@H](CC(N)=O)C(=O)N[C@H]5C(=O)N[C@H]3C(=O)N[C@H](C(=O)NC(C(=O)O)c5cc(O)cc(O)c5-c5cc3ccc5O)[C@H](O[C@H]3C[C@](C)(N)[C@@H](O)[C@H](C)O3)c3ccc(cc3)O4)O[C@H](CO)[C@@H](O)[C@@H]2O)C[C@](C)(N)[C@H]1O. The molecule has 101 heavy (non-hydrogen) atoms. The number of primary amides is 1. The van der Waals surface area contributed by atoms with Crippen molar-refractivity contribution in [2.45, 2.75) is 174 Å². The van der Waals surface area contributed by atoms with Crippen LogP contribution in [0.4, 0.5) is 0 Å². The number of phenolic OH excluding ortho intramolecular Hbond substituents is 3. The Morgan fingerprint density at radius 1 is 0.644 bits per heavy atom. The minimum atomic E-state index is -2.28. The van der Waals surface area contributed by atoms with Crippen LogP contribution in [0.2, 0.25) is 5.02 Å². The van der Waals surface area contributed by atoms with Crippen LogP contribution in [0, 0.1) is 0 Å². The third-order valence-corrected chi connectivity index (χ3v) is 18.7. The molecule has 8 aliphatic heterocycles. The first-order valence-corrected chi connectivity index (χ1v) is 32.1. The third-order valence-electron chi connectivity index (χ3n) is 18.4.